The SMILES string of the molecule is Cc1ccc(B(Oc2ccnc(C=O)c2O)c2ccc(C)c(Cl)c2)cc1Cl. The number of carbonyl (C=O) groups excluding carboxylic acids is 1. The second-order valence-corrected chi connectivity index (χ2v) is 6.99. The van der Waals surface area contributed by atoms with Crippen molar-refractivity contribution in [2.45, 2.75) is 13.8 Å². The second kappa shape index (κ2) is 8.03. The minimum absolute atomic E-state index is 0.0878. The summed E-state index contributed by atoms with van der Waals surface area (Å²) in [4.78, 5) is 14.9. The Morgan fingerprint density at radius 3 is 2.04 bits per heavy atom. The number of halogens is 2. The Kier molecular flexibility index (Phi) is 5.73. The summed E-state index contributed by atoms with van der Waals surface area (Å²) in [7, 11) is 0. The van der Waals surface area contributed by atoms with Gasteiger partial charge in [-0.1, -0.05) is 47.5 Å². The van der Waals surface area contributed by atoms with Crippen molar-refractivity contribution in [3.63, 3.8) is 0 Å². The van der Waals surface area contributed by atoms with Crippen molar-refractivity contribution in [2.24, 2.45) is 0 Å². The standard InChI is InChI=1S/C20H16BCl2NO3/c1-12-3-5-14(9-16(12)22)21(15-6-4-13(2)17(23)10-15)27-19-7-8-24-18(11-25)20(19)26/h3-11,26H,1-2H3. The van der Waals surface area contributed by atoms with Crippen LogP contribution in [0.2, 0.25) is 10.0 Å². The topological polar surface area (TPSA) is 59.4 Å². The van der Waals surface area contributed by atoms with Gasteiger partial charge in [-0.2, -0.15) is 0 Å². The highest BCUT2D eigenvalue weighted by molar-refractivity contribution is 6.80. The molecule has 2 aromatic carbocycles. The van der Waals surface area contributed by atoms with Crippen molar-refractivity contribution in [3.05, 3.63) is 75.5 Å². The molecule has 0 radical (unpaired) electrons. The Bertz CT molecular complexity index is 959. The van der Waals surface area contributed by atoms with Gasteiger partial charge in [-0.05, 0) is 48.0 Å². The second-order valence-electron chi connectivity index (χ2n) is 6.18. The fourth-order valence-corrected chi connectivity index (χ4v) is 3.01. The quantitative estimate of drug-likeness (QED) is 0.524. The molecule has 1 heterocycles. The highest BCUT2D eigenvalue weighted by Crippen LogP contribution is 2.28. The minimum Gasteiger partial charge on any atom is -0.549 e. The van der Waals surface area contributed by atoms with E-state index in [0.717, 1.165) is 22.1 Å². The molecule has 0 unspecified atom stereocenters. The van der Waals surface area contributed by atoms with Crippen LogP contribution in [0.25, 0.3) is 0 Å². The molecule has 0 aliphatic carbocycles. The molecule has 3 aromatic rings. The van der Waals surface area contributed by atoms with E-state index in [9.17, 15) is 9.90 Å². The zero-order valence-electron chi connectivity index (χ0n) is 14.7. The summed E-state index contributed by atoms with van der Waals surface area (Å²) in [5, 5.41) is 11.5. The summed E-state index contributed by atoms with van der Waals surface area (Å²) in [6, 6.07) is 12.7. The summed E-state index contributed by atoms with van der Waals surface area (Å²) in [5.74, 6) is -0.167. The third-order valence-corrected chi connectivity index (χ3v) is 5.08. The number of aromatic hydroxyl groups is 1. The molecule has 0 aliphatic heterocycles. The molecule has 4 nitrogen and oxygen atoms in total. The van der Waals surface area contributed by atoms with Crippen molar-refractivity contribution in [1.29, 1.82) is 0 Å². The number of pyridine rings is 1. The first-order chi connectivity index (χ1) is 12.9. The first-order valence-electron chi connectivity index (χ1n) is 8.22. The van der Waals surface area contributed by atoms with Gasteiger partial charge in [-0.25, -0.2) is 4.98 Å². The zero-order valence-corrected chi connectivity index (χ0v) is 16.3. The lowest BCUT2D eigenvalue weighted by molar-refractivity contribution is 0.111. The van der Waals surface area contributed by atoms with Crippen LogP contribution >= 0.6 is 23.2 Å². The van der Waals surface area contributed by atoms with Gasteiger partial charge in [-0.3, -0.25) is 4.79 Å². The van der Waals surface area contributed by atoms with Crippen molar-refractivity contribution >= 4 is 47.3 Å². The lowest BCUT2D eigenvalue weighted by Gasteiger charge is -2.19. The predicted octanol–water partition coefficient (Wildman–Crippen LogP) is 3.71. The minimum atomic E-state index is -0.589. The van der Waals surface area contributed by atoms with Gasteiger partial charge < -0.3 is 9.76 Å². The number of hydrogen-bond acceptors (Lipinski definition) is 4. The molecule has 136 valence electrons. The van der Waals surface area contributed by atoms with Gasteiger partial charge in [0.1, 0.15) is 11.4 Å². The maximum atomic E-state index is 11.1. The van der Waals surface area contributed by atoms with Gasteiger partial charge in [0.15, 0.2) is 12.0 Å². The van der Waals surface area contributed by atoms with Crippen LogP contribution in [0.1, 0.15) is 21.6 Å². The van der Waals surface area contributed by atoms with Crippen LogP contribution in [-0.2, 0) is 0 Å². The Labute approximate surface area is 167 Å². The van der Waals surface area contributed by atoms with Crippen molar-refractivity contribution in [1.82, 2.24) is 4.98 Å². The molecule has 0 bridgehead atoms. The van der Waals surface area contributed by atoms with E-state index < -0.39 is 6.92 Å². The summed E-state index contributed by atoms with van der Waals surface area (Å²) in [5.41, 5.74) is 3.37. The number of nitrogens with zero attached hydrogens (tertiary/aromatic N) is 1. The molecule has 0 saturated heterocycles. The average Bonchev–Trinajstić information content (AvgIpc) is 2.65. The lowest BCUT2D eigenvalue weighted by Crippen LogP contribution is -2.47. The number of aromatic nitrogens is 1. The lowest BCUT2D eigenvalue weighted by atomic mass is 9.55. The highest BCUT2D eigenvalue weighted by atomic mass is 35.5. The number of aldehydes is 1. The molecule has 0 spiro atoms. The molecule has 27 heavy (non-hydrogen) atoms. The third-order valence-electron chi connectivity index (χ3n) is 4.27. The van der Waals surface area contributed by atoms with E-state index in [1.165, 1.54) is 12.3 Å². The molecule has 0 atom stereocenters. The Balaban J connectivity index is 2.11. The molecule has 0 fully saturated rings. The number of carbonyl (C=O) groups is 1. The molecule has 0 saturated carbocycles. The average molecular weight is 400 g/mol. The van der Waals surface area contributed by atoms with E-state index in [-0.39, 0.29) is 17.2 Å². The van der Waals surface area contributed by atoms with Crippen molar-refractivity contribution in [2.75, 3.05) is 0 Å². The first kappa shape index (κ1) is 19.3. The normalized spacial score (nSPS) is 10.5. The van der Waals surface area contributed by atoms with Crippen molar-refractivity contribution < 1.29 is 14.6 Å². The molecule has 0 amide bonds. The smallest absolute Gasteiger partial charge is 0.426 e. The van der Waals surface area contributed by atoms with Gasteiger partial charge >= 0.3 is 6.92 Å². The van der Waals surface area contributed by atoms with E-state index in [1.54, 1.807) is 0 Å². The molecular formula is C20H16BCl2NO3. The predicted molar refractivity (Wildman–Crippen MR) is 109 cm³/mol. The summed E-state index contributed by atoms with van der Waals surface area (Å²) in [6.45, 7) is 3.24. The number of rotatable bonds is 5. The van der Waals surface area contributed by atoms with Crippen LogP contribution in [0.15, 0.2) is 48.7 Å². The van der Waals surface area contributed by atoms with E-state index in [1.807, 2.05) is 50.2 Å². The Morgan fingerprint density at radius 2 is 1.56 bits per heavy atom. The van der Waals surface area contributed by atoms with Crippen LogP contribution < -0.4 is 15.6 Å². The van der Waals surface area contributed by atoms with E-state index >= 15 is 0 Å². The molecule has 7 heteroatoms. The highest BCUT2D eigenvalue weighted by Gasteiger charge is 2.26. The van der Waals surface area contributed by atoms with Gasteiger partial charge in [0, 0.05) is 22.3 Å². The Hall–Kier alpha value is -2.50. The van der Waals surface area contributed by atoms with Gasteiger partial charge in [0.25, 0.3) is 0 Å². The van der Waals surface area contributed by atoms with Gasteiger partial charge in [-0.15, -0.1) is 0 Å². The number of benzene rings is 2. The van der Waals surface area contributed by atoms with Crippen LogP contribution in [0.3, 0.4) is 0 Å². The zero-order chi connectivity index (χ0) is 19.6. The maximum absolute atomic E-state index is 11.1. The summed E-state index contributed by atoms with van der Waals surface area (Å²) >= 11 is 12.6. The molecule has 0 aliphatic rings. The number of aryl methyl sites for hydroxylation is 2. The fourth-order valence-electron chi connectivity index (χ4n) is 2.63. The molecular weight excluding hydrogens is 384 g/mol. The van der Waals surface area contributed by atoms with E-state index in [0.29, 0.717) is 16.3 Å². The summed E-state index contributed by atoms with van der Waals surface area (Å²) < 4.78 is 6.08. The van der Waals surface area contributed by atoms with E-state index in [4.69, 9.17) is 27.9 Å². The third kappa shape index (κ3) is 4.10. The van der Waals surface area contributed by atoms with Crippen LogP contribution in [0.4, 0.5) is 0 Å². The molecule has 1 aromatic heterocycles. The first-order valence-corrected chi connectivity index (χ1v) is 8.98. The summed E-state index contributed by atoms with van der Waals surface area (Å²) in [6.07, 6.45) is 1.88. The Morgan fingerprint density at radius 1 is 1.00 bits per heavy atom. The largest absolute Gasteiger partial charge is 0.549 e. The van der Waals surface area contributed by atoms with Crippen LogP contribution in [-0.4, -0.2) is 23.3 Å². The van der Waals surface area contributed by atoms with Crippen LogP contribution in [0, 0.1) is 13.8 Å². The van der Waals surface area contributed by atoms with Crippen LogP contribution in [0.5, 0.6) is 11.5 Å². The maximum Gasteiger partial charge on any atom is 0.426 e. The van der Waals surface area contributed by atoms with E-state index in [2.05, 4.69) is 4.98 Å². The number of hydrogen-bond donors (Lipinski definition) is 1. The fraction of sp³-hybridized carbons (Fsp3) is 0.100. The van der Waals surface area contributed by atoms with Gasteiger partial charge in [0.05, 0.1) is 0 Å². The molecule has 3 rings (SSSR count). The van der Waals surface area contributed by atoms with Crippen molar-refractivity contribution in [3.8, 4) is 11.5 Å². The van der Waals surface area contributed by atoms with Gasteiger partial charge in [0.2, 0.25) is 0 Å². The molecule has 1 N–H and O–H groups in total. The monoisotopic (exact) mass is 399 g/mol.